The lowest BCUT2D eigenvalue weighted by Crippen LogP contribution is -2.46. The molecule has 82 valence electrons. The van der Waals surface area contributed by atoms with Gasteiger partial charge in [-0.25, -0.2) is 5.84 Å². The number of thioether (sulfide) groups is 1. The molecular weight excluding hydrogens is 196 g/mol. The van der Waals surface area contributed by atoms with E-state index in [1.165, 1.54) is 12.2 Å². The zero-order chi connectivity index (χ0) is 10.4. The van der Waals surface area contributed by atoms with Crippen molar-refractivity contribution in [3.63, 3.8) is 0 Å². The number of hydrogen-bond acceptors (Lipinski definition) is 3. The van der Waals surface area contributed by atoms with Gasteiger partial charge in [0.1, 0.15) is 0 Å². The zero-order valence-corrected chi connectivity index (χ0v) is 9.73. The third-order valence-electron chi connectivity index (χ3n) is 2.02. The summed E-state index contributed by atoms with van der Waals surface area (Å²) in [5.74, 6) is 9.07. The lowest BCUT2D eigenvalue weighted by Gasteiger charge is -2.14. The summed E-state index contributed by atoms with van der Waals surface area (Å²) in [4.78, 5) is 4.37. The first-order valence-corrected chi connectivity index (χ1v) is 6.23. The molecule has 5 heteroatoms. The quantitative estimate of drug-likeness (QED) is 0.279. The first-order chi connectivity index (χ1) is 6.72. The molecule has 1 saturated heterocycles. The summed E-state index contributed by atoms with van der Waals surface area (Å²) in [5, 5.41) is 3.31. The van der Waals surface area contributed by atoms with Crippen LogP contribution in [0.5, 0.6) is 0 Å². The molecule has 0 aliphatic carbocycles. The smallest absolute Gasteiger partial charge is 0.205 e. The van der Waals surface area contributed by atoms with Gasteiger partial charge in [0.2, 0.25) is 5.96 Å². The van der Waals surface area contributed by atoms with E-state index in [4.69, 9.17) is 5.84 Å². The van der Waals surface area contributed by atoms with Crippen LogP contribution < -0.4 is 16.6 Å². The van der Waals surface area contributed by atoms with Gasteiger partial charge < -0.3 is 5.32 Å². The van der Waals surface area contributed by atoms with Crippen molar-refractivity contribution in [1.29, 1.82) is 0 Å². The predicted octanol–water partition coefficient (Wildman–Crippen LogP) is 0.557. The van der Waals surface area contributed by atoms with Crippen LogP contribution in [0.4, 0.5) is 0 Å². The summed E-state index contributed by atoms with van der Waals surface area (Å²) in [6.07, 6.45) is 1.20. The molecule has 0 saturated carbocycles. The maximum atomic E-state index is 5.39. The average molecular weight is 216 g/mol. The van der Waals surface area contributed by atoms with Gasteiger partial charge in [-0.2, -0.15) is 11.8 Å². The van der Waals surface area contributed by atoms with E-state index in [-0.39, 0.29) is 0 Å². The van der Waals surface area contributed by atoms with Crippen LogP contribution in [0.1, 0.15) is 20.3 Å². The van der Waals surface area contributed by atoms with Gasteiger partial charge >= 0.3 is 0 Å². The van der Waals surface area contributed by atoms with E-state index in [1.54, 1.807) is 0 Å². The average Bonchev–Trinajstić information content (AvgIpc) is 2.64. The van der Waals surface area contributed by atoms with Crippen molar-refractivity contribution in [2.24, 2.45) is 16.8 Å². The van der Waals surface area contributed by atoms with Gasteiger partial charge in [-0.3, -0.25) is 10.4 Å². The first kappa shape index (κ1) is 11.7. The minimum atomic E-state index is 0.530. The summed E-state index contributed by atoms with van der Waals surface area (Å²) in [7, 11) is 0. The van der Waals surface area contributed by atoms with Crippen LogP contribution in [0.25, 0.3) is 0 Å². The van der Waals surface area contributed by atoms with Crippen LogP contribution in [0.2, 0.25) is 0 Å². The van der Waals surface area contributed by atoms with Crippen molar-refractivity contribution in [3.8, 4) is 0 Å². The van der Waals surface area contributed by atoms with Crippen LogP contribution in [0.3, 0.4) is 0 Å². The Kier molecular flexibility index (Phi) is 5.11. The summed E-state index contributed by atoms with van der Waals surface area (Å²) in [6, 6.07) is 0.530. The molecule has 14 heavy (non-hydrogen) atoms. The largest absolute Gasteiger partial charge is 0.352 e. The molecule has 1 aliphatic heterocycles. The number of hydrogen-bond donors (Lipinski definition) is 3. The van der Waals surface area contributed by atoms with Crippen molar-refractivity contribution in [2.75, 3.05) is 18.1 Å². The van der Waals surface area contributed by atoms with Gasteiger partial charge in [0.15, 0.2) is 0 Å². The highest BCUT2D eigenvalue weighted by Crippen LogP contribution is 2.16. The third kappa shape index (κ3) is 4.19. The Bertz CT molecular complexity index is 187. The second kappa shape index (κ2) is 6.14. The van der Waals surface area contributed by atoms with Crippen LogP contribution in [-0.4, -0.2) is 30.1 Å². The molecule has 1 heterocycles. The van der Waals surface area contributed by atoms with E-state index in [0.29, 0.717) is 12.0 Å². The van der Waals surface area contributed by atoms with Gasteiger partial charge in [0.25, 0.3) is 0 Å². The molecule has 0 spiro atoms. The number of hydrazine groups is 1. The highest BCUT2D eigenvalue weighted by Gasteiger charge is 2.15. The van der Waals surface area contributed by atoms with Crippen LogP contribution in [0.15, 0.2) is 4.99 Å². The lowest BCUT2D eigenvalue weighted by molar-refractivity contribution is 0.632. The standard InChI is InChI=1S/C9H20N4S/c1-7(2)5-11-9(13-10)12-8-3-4-14-6-8/h7-8H,3-6,10H2,1-2H3,(H2,11,12,13). The number of guanidine groups is 1. The maximum Gasteiger partial charge on any atom is 0.205 e. The molecule has 1 atom stereocenters. The van der Waals surface area contributed by atoms with Crippen LogP contribution >= 0.6 is 11.8 Å². The van der Waals surface area contributed by atoms with Crippen LogP contribution in [-0.2, 0) is 0 Å². The Morgan fingerprint density at radius 2 is 2.43 bits per heavy atom. The Hall–Kier alpha value is -0.420. The second-order valence-corrected chi connectivity index (χ2v) is 5.08. The molecule has 0 bridgehead atoms. The summed E-state index contributed by atoms with van der Waals surface area (Å²) >= 11 is 1.97. The number of rotatable bonds is 3. The number of nitrogens with zero attached hydrogens (tertiary/aromatic N) is 1. The highest BCUT2D eigenvalue weighted by molar-refractivity contribution is 7.99. The normalized spacial score (nSPS) is 22.9. The predicted molar refractivity (Wildman–Crippen MR) is 63.3 cm³/mol. The van der Waals surface area contributed by atoms with Gasteiger partial charge in [-0.05, 0) is 18.1 Å². The Morgan fingerprint density at radius 1 is 1.64 bits per heavy atom. The van der Waals surface area contributed by atoms with Crippen molar-refractivity contribution < 1.29 is 0 Å². The number of nitrogens with one attached hydrogen (secondary N) is 2. The Morgan fingerprint density at radius 3 is 2.93 bits per heavy atom. The summed E-state index contributed by atoms with van der Waals surface area (Å²) in [5.41, 5.74) is 2.61. The van der Waals surface area contributed by atoms with Gasteiger partial charge in [0.05, 0.1) is 0 Å². The minimum absolute atomic E-state index is 0.530. The zero-order valence-electron chi connectivity index (χ0n) is 8.92. The molecule has 1 fully saturated rings. The molecule has 0 amide bonds. The van der Waals surface area contributed by atoms with Gasteiger partial charge in [-0.15, -0.1) is 0 Å². The molecule has 4 nitrogen and oxygen atoms in total. The fourth-order valence-electron chi connectivity index (χ4n) is 1.25. The second-order valence-electron chi connectivity index (χ2n) is 3.93. The van der Waals surface area contributed by atoms with Gasteiger partial charge in [-0.1, -0.05) is 13.8 Å². The molecular formula is C9H20N4S. The molecule has 0 aromatic heterocycles. The fourth-order valence-corrected chi connectivity index (χ4v) is 2.40. The van der Waals surface area contributed by atoms with Crippen LogP contribution in [0, 0.1) is 5.92 Å². The molecule has 0 aromatic carbocycles. The number of nitrogens with two attached hydrogens (primary N) is 1. The Labute approximate surface area is 90.1 Å². The SMILES string of the molecule is CC(C)CN=C(NN)NC1CCSC1. The summed E-state index contributed by atoms with van der Waals surface area (Å²) < 4.78 is 0. The van der Waals surface area contributed by atoms with Crippen molar-refractivity contribution >= 4 is 17.7 Å². The minimum Gasteiger partial charge on any atom is -0.352 e. The van der Waals surface area contributed by atoms with E-state index in [2.05, 4.69) is 29.6 Å². The molecule has 1 rings (SSSR count). The number of aliphatic imine (C=N–C) groups is 1. The lowest BCUT2D eigenvalue weighted by atomic mass is 10.2. The molecule has 4 N–H and O–H groups in total. The van der Waals surface area contributed by atoms with Crippen molar-refractivity contribution in [1.82, 2.24) is 10.7 Å². The fraction of sp³-hybridized carbons (Fsp3) is 0.889. The maximum absolute atomic E-state index is 5.39. The molecule has 1 unspecified atom stereocenters. The van der Waals surface area contributed by atoms with E-state index in [0.717, 1.165) is 18.3 Å². The van der Waals surface area contributed by atoms with E-state index in [1.807, 2.05) is 11.8 Å². The topological polar surface area (TPSA) is 62.4 Å². The van der Waals surface area contributed by atoms with Crippen molar-refractivity contribution in [2.45, 2.75) is 26.3 Å². The monoisotopic (exact) mass is 216 g/mol. The third-order valence-corrected chi connectivity index (χ3v) is 3.18. The Balaban J connectivity index is 2.32. The first-order valence-electron chi connectivity index (χ1n) is 5.07. The molecule has 1 aliphatic rings. The van der Waals surface area contributed by atoms with E-state index < -0.39 is 0 Å². The van der Waals surface area contributed by atoms with Crippen molar-refractivity contribution in [3.05, 3.63) is 0 Å². The van der Waals surface area contributed by atoms with Gasteiger partial charge in [0, 0.05) is 18.3 Å². The highest BCUT2D eigenvalue weighted by atomic mass is 32.2. The van der Waals surface area contributed by atoms with E-state index in [9.17, 15) is 0 Å². The molecule has 0 aromatic rings. The molecule has 0 radical (unpaired) electrons. The van der Waals surface area contributed by atoms with E-state index >= 15 is 0 Å². The summed E-state index contributed by atoms with van der Waals surface area (Å²) in [6.45, 7) is 5.10.